The number of ether oxygens (including phenoxy) is 1. The zero-order chi connectivity index (χ0) is 13.1. The van der Waals surface area contributed by atoms with Crippen molar-refractivity contribution in [1.82, 2.24) is 4.90 Å². The lowest BCUT2D eigenvalue weighted by molar-refractivity contribution is 0.0599. The Hall–Kier alpha value is -1.33. The fourth-order valence-corrected chi connectivity index (χ4v) is 2.50. The lowest BCUT2D eigenvalue weighted by atomic mass is 10.2. The first-order valence-electron chi connectivity index (χ1n) is 6.27. The number of likely N-dealkylation sites (tertiary alicyclic amines) is 1. The minimum absolute atomic E-state index is 0.348. The highest BCUT2D eigenvalue weighted by molar-refractivity contribution is 5.90. The molecule has 18 heavy (non-hydrogen) atoms. The Kier molecular flexibility index (Phi) is 4.04. The zero-order valence-corrected chi connectivity index (χ0v) is 10.9. The predicted molar refractivity (Wildman–Crippen MR) is 67.3 cm³/mol. The SMILES string of the molecule is COC(=O)c1cc(CN2CCCC2CN)oc1C. The largest absolute Gasteiger partial charge is 0.465 e. The summed E-state index contributed by atoms with van der Waals surface area (Å²) in [5.41, 5.74) is 6.25. The van der Waals surface area contributed by atoms with Gasteiger partial charge in [-0.2, -0.15) is 0 Å². The quantitative estimate of drug-likeness (QED) is 0.818. The molecule has 0 amide bonds. The summed E-state index contributed by atoms with van der Waals surface area (Å²) in [6, 6.07) is 2.20. The Labute approximate surface area is 107 Å². The smallest absolute Gasteiger partial charge is 0.341 e. The van der Waals surface area contributed by atoms with Crippen molar-refractivity contribution in [2.45, 2.75) is 32.4 Å². The van der Waals surface area contributed by atoms with Crippen molar-refractivity contribution in [3.63, 3.8) is 0 Å². The predicted octanol–water partition coefficient (Wildman–Crippen LogP) is 1.30. The average Bonchev–Trinajstić information content (AvgIpc) is 2.95. The van der Waals surface area contributed by atoms with Crippen molar-refractivity contribution in [3.8, 4) is 0 Å². The van der Waals surface area contributed by atoms with Crippen molar-refractivity contribution < 1.29 is 13.9 Å². The van der Waals surface area contributed by atoms with Crippen LogP contribution in [0.4, 0.5) is 0 Å². The van der Waals surface area contributed by atoms with Gasteiger partial charge in [0.15, 0.2) is 0 Å². The van der Waals surface area contributed by atoms with Crippen LogP contribution in [0.15, 0.2) is 10.5 Å². The van der Waals surface area contributed by atoms with E-state index in [0.717, 1.165) is 18.7 Å². The molecule has 1 unspecified atom stereocenters. The average molecular weight is 252 g/mol. The lowest BCUT2D eigenvalue weighted by Gasteiger charge is -2.21. The molecule has 0 aromatic carbocycles. The lowest BCUT2D eigenvalue weighted by Crippen LogP contribution is -2.34. The van der Waals surface area contributed by atoms with E-state index in [2.05, 4.69) is 4.90 Å². The van der Waals surface area contributed by atoms with Crippen molar-refractivity contribution >= 4 is 5.97 Å². The molecule has 1 aromatic rings. The molecule has 2 N–H and O–H groups in total. The van der Waals surface area contributed by atoms with Crippen LogP contribution in [0.1, 0.15) is 34.7 Å². The van der Waals surface area contributed by atoms with Gasteiger partial charge in [-0.25, -0.2) is 4.79 Å². The number of nitrogens with two attached hydrogens (primary N) is 1. The summed E-state index contributed by atoms with van der Waals surface area (Å²) < 4.78 is 10.3. The molecule has 0 radical (unpaired) electrons. The first-order valence-corrected chi connectivity index (χ1v) is 6.27. The van der Waals surface area contributed by atoms with Gasteiger partial charge in [-0.1, -0.05) is 0 Å². The summed E-state index contributed by atoms with van der Waals surface area (Å²) in [6.07, 6.45) is 2.31. The summed E-state index contributed by atoms with van der Waals surface area (Å²) in [6.45, 7) is 4.19. The van der Waals surface area contributed by atoms with Crippen LogP contribution in [-0.4, -0.2) is 37.1 Å². The monoisotopic (exact) mass is 252 g/mol. The molecule has 2 rings (SSSR count). The maximum absolute atomic E-state index is 11.5. The second-order valence-electron chi connectivity index (χ2n) is 4.68. The molecular formula is C13H20N2O3. The maximum atomic E-state index is 11.5. The highest BCUT2D eigenvalue weighted by atomic mass is 16.5. The van der Waals surface area contributed by atoms with E-state index in [1.54, 1.807) is 13.0 Å². The second-order valence-corrected chi connectivity index (χ2v) is 4.68. The fraction of sp³-hybridized carbons (Fsp3) is 0.615. The van der Waals surface area contributed by atoms with E-state index in [9.17, 15) is 4.79 Å². The molecule has 100 valence electrons. The number of methoxy groups -OCH3 is 1. The summed E-state index contributed by atoms with van der Waals surface area (Å²) in [5, 5.41) is 0. The van der Waals surface area contributed by atoms with Crippen LogP contribution >= 0.6 is 0 Å². The Bertz CT molecular complexity index is 428. The third-order valence-corrected chi connectivity index (χ3v) is 3.50. The zero-order valence-electron chi connectivity index (χ0n) is 10.9. The summed E-state index contributed by atoms with van der Waals surface area (Å²) in [4.78, 5) is 13.8. The Morgan fingerprint density at radius 2 is 2.44 bits per heavy atom. The third kappa shape index (κ3) is 2.57. The molecule has 1 aliphatic rings. The van der Waals surface area contributed by atoms with E-state index in [-0.39, 0.29) is 5.97 Å². The van der Waals surface area contributed by atoms with Crippen molar-refractivity contribution in [2.24, 2.45) is 5.73 Å². The van der Waals surface area contributed by atoms with Crippen LogP contribution in [0.3, 0.4) is 0 Å². The number of hydrogen-bond donors (Lipinski definition) is 1. The molecule has 1 atom stereocenters. The number of carbonyl (C=O) groups is 1. The van der Waals surface area contributed by atoms with Crippen LogP contribution in [0.25, 0.3) is 0 Å². The molecule has 1 fully saturated rings. The van der Waals surface area contributed by atoms with E-state index in [0.29, 0.717) is 30.5 Å². The summed E-state index contributed by atoms with van der Waals surface area (Å²) >= 11 is 0. The third-order valence-electron chi connectivity index (χ3n) is 3.50. The molecule has 2 heterocycles. The minimum Gasteiger partial charge on any atom is -0.465 e. The van der Waals surface area contributed by atoms with Crippen LogP contribution in [0.5, 0.6) is 0 Å². The summed E-state index contributed by atoms with van der Waals surface area (Å²) in [7, 11) is 1.37. The molecular weight excluding hydrogens is 232 g/mol. The van der Waals surface area contributed by atoms with Crippen LogP contribution < -0.4 is 5.73 Å². The van der Waals surface area contributed by atoms with Gasteiger partial charge < -0.3 is 14.9 Å². The van der Waals surface area contributed by atoms with Crippen molar-refractivity contribution in [1.29, 1.82) is 0 Å². The fourth-order valence-electron chi connectivity index (χ4n) is 2.50. The van der Waals surface area contributed by atoms with E-state index < -0.39 is 0 Å². The topological polar surface area (TPSA) is 68.7 Å². The van der Waals surface area contributed by atoms with Gasteiger partial charge in [0.2, 0.25) is 0 Å². The number of nitrogens with zero attached hydrogens (tertiary/aromatic N) is 1. The normalized spacial score (nSPS) is 20.3. The number of furan rings is 1. The number of rotatable bonds is 4. The highest BCUT2D eigenvalue weighted by Gasteiger charge is 2.25. The summed E-state index contributed by atoms with van der Waals surface area (Å²) in [5.74, 6) is 1.06. The van der Waals surface area contributed by atoms with Gasteiger partial charge in [-0.15, -0.1) is 0 Å². The Balaban J connectivity index is 2.08. The van der Waals surface area contributed by atoms with Crippen LogP contribution in [-0.2, 0) is 11.3 Å². The minimum atomic E-state index is -0.348. The molecule has 5 nitrogen and oxygen atoms in total. The van der Waals surface area contributed by atoms with E-state index in [4.69, 9.17) is 14.9 Å². The molecule has 5 heteroatoms. The molecule has 1 saturated heterocycles. The Morgan fingerprint density at radius 3 is 3.11 bits per heavy atom. The number of esters is 1. The van der Waals surface area contributed by atoms with Gasteiger partial charge in [-0.05, 0) is 32.4 Å². The van der Waals surface area contributed by atoms with Gasteiger partial charge in [-0.3, -0.25) is 4.90 Å². The molecule has 0 aliphatic carbocycles. The van der Waals surface area contributed by atoms with E-state index in [1.807, 2.05) is 0 Å². The molecule has 0 saturated carbocycles. The second kappa shape index (κ2) is 5.54. The van der Waals surface area contributed by atoms with Gasteiger partial charge in [0.05, 0.1) is 13.7 Å². The molecule has 0 bridgehead atoms. The van der Waals surface area contributed by atoms with Gasteiger partial charge in [0.1, 0.15) is 17.1 Å². The highest BCUT2D eigenvalue weighted by Crippen LogP contribution is 2.22. The first-order chi connectivity index (χ1) is 8.65. The van der Waals surface area contributed by atoms with Crippen molar-refractivity contribution in [2.75, 3.05) is 20.2 Å². The molecule has 1 aromatic heterocycles. The molecule has 0 spiro atoms. The number of hydrogen-bond acceptors (Lipinski definition) is 5. The maximum Gasteiger partial charge on any atom is 0.341 e. The number of carbonyl (C=O) groups excluding carboxylic acids is 1. The number of aryl methyl sites for hydroxylation is 1. The van der Waals surface area contributed by atoms with Crippen LogP contribution in [0, 0.1) is 6.92 Å². The first kappa shape index (κ1) is 13.1. The molecule has 1 aliphatic heterocycles. The van der Waals surface area contributed by atoms with E-state index in [1.165, 1.54) is 13.5 Å². The van der Waals surface area contributed by atoms with Crippen molar-refractivity contribution in [3.05, 3.63) is 23.2 Å². The van der Waals surface area contributed by atoms with Gasteiger partial charge in [0.25, 0.3) is 0 Å². The standard InChI is InChI=1S/C13H20N2O3/c1-9-12(13(16)17-2)6-11(18-9)8-15-5-3-4-10(15)7-14/h6,10H,3-5,7-8,14H2,1-2H3. The van der Waals surface area contributed by atoms with Gasteiger partial charge >= 0.3 is 5.97 Å². The van der Waals surface area contributed by atoms with Crippen LogP contribution in [0.2, 0.25) is 0 Å². The Morgan fingerprint density at radius 1 is 1.67 bits per heavy atom. The van der Waals surface area contributed by atoms with E-state index >= 15 is 0 Å². The van der Waals surface area contributed by atoms with Gasteiger partial charge in [0, 0.05) is 12.6 Å².